The molecule has 3 heteroatoms. The van der Waals surface area contributed by atoms with Crippen molar-refractivity contribution >= 4 is 0 Å². The van der Waals surface area contributed by atoms with Crippen molar-refractivity contribution in [2.45, 2.75) is 18.4 Å². The molecule has 0 amide bonds. The van der Waals surface area contributed by atoms with Gasteiger partial charge in [-0.25, -0.2) is 4.39 Å². The molecule has 0 aromatic heterocycles. The van der Waals surface area contributed by atoms with Crippen molar-refractivity contribution in [1.29, 1.82) is 0 Å². The third-order valence-corrected chi connectivity index (χ3v) is 4.38. The summed E-state index contributed by atoms with van der Waals surface area (Å²) in [5.74, 6) is -0.252. The fraction of sp³-hybridized carbons (Fsp3) is 0.333. The summed E-state index contributed by atoms with van der Waals surface area (Å²) in [5, 5.41) is 11.1. The van der Waals surface area contributed by atoms with Crippen LogP contribution in [-0.4, -0.2) is 30.1 Å². The van der Waals surface area contributed by atoms with Gasteiger partial charge in [-0.3, -0.25) is 0 Å². The van der Waals surface area contributed by atoms with E-state index < -0.39 is 5.60 Å². The maximum absolute atomic E-state index is 13.5. The Morgan fingerprint density at radius 3 is 2.48 bits per heavy atom. The molecular weight excluding hydrogens is 265 g/mol. The van der Waals surface area contributed by atoms with Crippen LogP contribution in [0.25, 0.3) is 11.1 Å². The van der Waals surface area contributed by atoms with E-state index in [0.717, 1.165) is 29.8 Å². The van der Waals surface area contributed by atoms with Crippen molar-refractivity contribution < 1.29 is 9.50 Å². The Labute approximate surface area is 124 Å². The van der Waals surface area contributed by atoms with Crippen LogP contribution in [-0.2, 0) is 5.60 Å². The molecule has 1 saturated heterocycles. The summed E-state index contributed by atoms with van der Waals surface area (Å²) >= 11 is 0. The van der Waals surface area contributed by atoms with Gasteiger partial charge in [0.05, 0.1) is 5.60 Å². The normalized spacial score (nSPS) is 18.6. The molecule has 0 atom stereocenters. The Hall–Kier alpha value is -1.71. The Balaban J connectivity index is 2.04. The molecule has 0 saturated carbocycles. The van der Waals surface area contributed by atoms with Crippen LogP contribution in [0.2, 0.25) is 0 Å². The molecule has 2 aromatic rings. The highest BCUT2D eigenvalue weighted by Gasteiger charge is 2.34. The lowest BCUT2D eigenvalue weighted by Crippen LogP contribution is -2.41. The molecule has 1 aliphatic heterocycles. The van der Waals surface area contributed by atoms with Crippen LogP contribution >= 0.6 is 0 Å². The van der Waals surface area contributed by atoms with Gasteiger partial charge in [-0.05, 0) is 48.7 Å². The van der Waals surface area contributed by atoms with Gasteiger partial charge in [-0.2, -0.15) is 0 Å². The van der Waals surface area contributed by atoms with Crippen molar-refractivity contribution in [3.05, 3.63) is 59.9 Å². The molecule has 3 rings (SSSR count). The maximum Gasteiger partial charge on any atom is 0.123 e. The smallest absolute Gasteiger partial charge is 0.123 e. The van der Waals surface area contributed by atoms with Gasteiger partial charge in [0.25, 0.3) is 0 Å². The Kier molecular flexibility index (Phi) is 3.79. The lowest BCUT2D eigenvalue weighted by molar-refractivity contribution is -0.0198. The summed E-state index contributed by atoms with van der Waals surface area (Å²) < 4.78 is 13.5. The number of nitrogens with zero attached hydrogens (tertiary/aromatic N) is 1. The van der Waals surface area contributed by atoms with E-state index in [1.54, 1.807) is 6.07 Å². The lowest BCUT2D eigenvalue weighted by atomic mass is 9.80. The molecule has 0 spiro atoms. The van der Waals surface area contributed by atoms with Crippen LogP contribution in [0.15, 0.2) is 48.5 Å². The first kappa shape index (κ1) is 14.2. The fourth-order valence-electron chi connectivity index (χ4n) is 3.05. The standard InChI is InChI=1S/C18H20FNO/c1-20-11-9-18(21,10-12-20)17-8-3-2-7-16(17)14-5-4-6-15(19)13-14/h2-8,13,21H,9-12H2,1H3. The number of hydrogen-bond donors (Lipinski definition) is 1. The SMILES string of the molecule is CN1CCC(O)(c2ccccc2-c2cccc(F)c2)CC1. The molecule has 1 fully saturated rings. The Morgan fingerprint density at radius 1 is 1.05 bits per heavy atom. The van der Waals surface area contributed by atoms with Crippen LogP contribution in [0.1, 0.15) is 18.4 Å². The van der Waals surface area contributed by atoms with Crippen molar-refractivity contribution in [1.82, 2.24) is 4.90 Å². The van der Waals surface area contributed by atoms with Gasteiger partial charge < -0.3 is 10.0 Å². The first-order valence-corrected chi connectivity index (χ1v) is 7.35. The number of halogens is 1. The zero-order chi connectivity index (χ0) is 14.9. The van der Waals surface area contributed by atoms with Crippen LogP contribution in [0, 0.1) is 5.82 Å². The monoisotopic (exact) mass is 285 g/mol. The highest BCUT2D eigenvalue weighted by atomic mass is 19.1. The molecule has 0 aliphatic carbocycles. The first-order chi connectivity index (χ1) is 10.1. The minimum atomic E-state index is -0.824. The summed E-state index contributed by atoms with van der Waals surface area (Å²) in [5.41, 5.74) is 1.82. The summed E-state index contributed by atoms with van der Waals surface area (Å²) in [4.78, 5) is 2.22. The highest BCUT2D eigenvalue weighted by molar-refractivity contribution is 5.68. The summed E-state index contributed by atoms with van der Waals surface area (Å²) in [6, 6.07) is 14.4. The largest absolute Gasteiger partial charge is 0.385 e. The van der Waals surface area contributed by atoms with Crippen LogP contribution in [0.3, 0.4) is 0 Å². The summed E-state index contributed by atoms with van der Waals surface area (Å²) in [7, 11) is 2.07. The topological polar surface area (TPSA) is 23.5 Å². The van der Waals surface area contributed by atoms with E-state index in [1.807, 2.05) is 30.3 Å². The summed E-state index contributed by atoms with van der Waals surface area (Å²) in [6.45, 7) is 1.74. The molecular formula is C18H20FNO. The van der Waals surface area contributed by atoms with E-state index in [2.05, 4.69) is 11.9 Å². The average Bonchev–Trinajstić information content (AvgIpc) is 2.50. The number of benzene rings is 2. The number of rotatable bonds is 2. The van der Waals surface area contributed by atoms with Gasteiger partial charge >= 0.3 is 0 Å². The number of aliphatic hydroxyl groups is 1. The third-order valence-electron chi connectivity index (χ3n) is 4.38. The second-order valence-electron chi connectivity index (χ2n) is 5.89. The van der Waals surface area contributed by atoms with Gasteiger partial charge in [0.1, 0.15) is 5.82 Å². The van der Waals surface area contributed by atoms with E-state index in [1.165, 1.54) is 12.1 Å². The molecule has 0 radical (unpaired) electrons. The minimum Gasteiger partial charge on any atom is -0.385 e. The molecule has 2 nitrogen and oxygen atoms in total. The molecule has 1 aliphatic rings. The predicted molar refractivity (Wildman–Crippen MR) is 82.5 cm³/mol. The van der Waals surface area contributed by atoms with Crippen molar-refractivity contribution in [2.24, 2.45) is 0 Å². The van der Waals surface area contributed by atoms with E-state index in [4.69, 9.17) is 0 Å². The molecule has 2 aromatic carbocycles. The van der Waals surface area contributed by atoms with Crippen molar-refractivity contribution in [2.75, 3.05) is 20.1 Å². The minimum absolute atomic E-state index is 0.252. The van der Waals surface area contributed by atoms with E-state index >= 15 is 0 Å². The second kappa shape index (κ2) is 5.58. The maximum atomic E-state index is 13.5. The van der Waals surface area contributed by atoms with Gasteiger partial charge in [-0.1, -0.05) is 36.4 Å². The molecule has 0 unspecified atom stereocenters. The zero-order valence-electron chi connectivity index (χ0n) is 12.2. The highest BCUT2D eigenvalue weighted by Crippen LogP contribution is 2.38. The molecule has 0 bridgehead atoms. The van der Waals surface area contributed by atoms with Crippen LogP contribution < -0.4 is 0 Å². The fourth-order valence-corrected chi connectivity index (χ4v) is 3.05. The number of likely N-dealkylation sites (tertiary alicyclic amines) is 1. The third kappa shape index (κ3) is 2.85. The van der Waals surface area contributed by atoms with Gasteiger partial charge in [-0.15, -0.1) is 0 Å². The Bertz CT molecular complexity index is 633. The predicted octanol–water partition coefficient (Wildman–Crippen LogP) is 3.41. The van der Waals surface area contributed by atoms with Crippen LogP contribution in [0.4, 0.5) is 4.39 Å². The summed E-state index contributed by atoms with van der Waals surface area (Å²) in [6.07, 6.45) is 1.41. The van der Waals surface area contributed by atoms with E-state index in [-0.39, 0.29) is 5.82 Å². The van der Waals surface area contributed by atoms with E-state index in [9.17, 15) is 9.50 Å². The van der Waals surface area contributed by atoms with Gasteiger partial charge in [0.2, 0.25) is 0 Å². The quantitative estimate of drug-likeness (QED) is 0.914. The molecule has 1 N–H and O–H groups in total. The molecule has 110 valence electrons. The molecule has 1 heterocycles. The average molecular weight is 285 g/mol. The zero-order valence-corrected chi connectivity index (χ0v) is 12.2. The van der Waals surface area contributed by atoms with E-state index in [0.29, 0.717) is 12.8 Å². The number of piperidine rings is 1. The second-order valence-corrected chi connectivity index (χ2v) is 5.89. The van der Waals surface area contributed by atoms with Crippen LogP contribution in [0.5, 0.6) is 0 Å². The van der Waals surface area contributed by atoms with Gasteiger partial charge in [0.15, 0.2) is 0 Å². The van der Waals surface area contributed by atoms with Gasteiger partial charge in [0, 0.05) is 13.1 Å². The van der Waals surface area contributed by atoms with Crippen molar-refractivity contribution in [3.8, 4) is 11.1 Å². The lowest BCUT2D eigenvalue weighted by Gasteiger charge is -2.38. The molecule has 21 heavy (non-hydrogen) atoms. The first-order valence-electron chi connectivity index (χ1n) is 7.35. The Morgan fingerprint density at radius 2 is 1.76 bits per heavy atom. The van der Waals surface area contributed by atoms with Crippen molar-refractivity contribution in [3.63, 3.8) is 0 Å². The number of hydrogen-bond acceptors (Lipinski definition) is 2.